The Hall–Kier alpha value is -3.48. The molecule has 4 rings (SSSR count). The Morgan fingerprint density at radius 2 is 1.77 bits per heavy atom. The van der Waals surface area contributed by atoms with Gasteiger partial charge in [0, 0.05) is 49.3 Å². The quantitative estimate of drug-likeness (QED) is 0.697. The Bertz CT molecular complexity index is 1130. The minimum atomic E-state index is -0.295. The van der Waals surface area contributed by atoms with Gasteiger partial charge in [-0.25, -0.2) is 0 Å². The van der Waals surface area contributed by atoms with Crippen LogP contribution in [0, 0.1) is 6.92 Å². The monoisotopic (exact) mass is 407 g/mol. The predicted molar refractivity (Wildman–Crippen MR) is 117 cm³/mol. The second kappa shape index (κ2) is 7.74. The smallest absolute Gasteiger partial charge is 0.274 e. The molecule has 0 atom stereocenters. The van der Waals surface area contributed by atoms with Crippen molar-refractivity contribution in [2.24, 2.45) is 7.05 Å². The van der Waals surface area contributed by atoms with Crippen molar-refractivity contribution in [2.75, 3.05) is 31.0 Å². The van der Waals surface area contributed by atoms with Crippen LogP contribution in [0.4, 0.5) is 11.4 Å². The molecule has 7 heteroatoms. The van der Waals surface area contributed by atoms with Gasteiger partial charge < -0.3 is 24.3 Å². The number of hydrogen-bond donors (Lipinski definition) is 1. The van der Waals surface area contributed by atoms with Crippen molar-refractivity contribution in [1.82, 2.24) is 4.57 Å². The number of nitrogens with zero attached hydrogens (tertiary/aromatic N) is 2. The second-order valence-corrected chi connectivity index (χ2v) is 7.48. The molecule has 30 heavy (non-hydrogen) atoms. The lowest BCUT2D eigenvalue weighted by atomic mass is 10.1. The highest BCUT2D eigenvalue weighted by molar-refractivity contribution is 6.17. The van der Waals surface area contributed by atoms with Gasteiger partial charge in [0.1, 0.15) is 17.2 Å². The van der Waals surface area contributed by atoms with E-state index in [9.17, 15) is 9.59 Å². The Labute approximate surface area is 175 Å². The molecule has 1 N–H and O–H groups in total. The summed E-state index contributed by atoms with van der Waals surface area (Å²) in [6, 6.07) is 11.2. The first-order valence-electron chi connectivity index (χ1n) is 9.86. The van der Waals surface area contributed by atoms with E-state index in [1.807, 2.05) is 36.7 Å². The molecule has 1 aliphatic heterocycles. The van der Waals surface area contributed by atoms with Gasteiger partial charge in [-0.15, -0.1) is 0 Å². The van der Waals surface area contributed by atoms with Gasteiger partial charge in [0.05, 0.1) is 25.4 Å². The van der Waals surface area contributed by atoms with E-state index in [0.717, 1.165) is 22.9 Å². The molecule has 0 spiro atoms. The normalized spacial score (nSPS) is 13.7. The summed E-state index contributed by atoms with van der Waals surface area (Å²) in [7, 11) is 4.97. The highest BCUT2D eigenvalue weighted by atomic mass is 16.5. The minimum Gasteiger partial charge on any atom is -0.497 e. The first kappa shape index (κ1) is 19.8. The third-order valence-electron chi connectivity index (χ3n) is 5.50. The molecule has 1 aromatic heterocycles. The summed E-state index contributed by atoms with van der Waals surface area (Å²) in [6.45, 7) is 2.61. The van der Waals surface area contributed by atoms with E-state index >= 15 is 0 Å². The number of carbonyl (C=O) groups is 2. The van der Waals surface area contributed by atoms with Gasteiger partial charge in [-0.3, -0.25) is 9.59 Å². The van der Waals surface area contributed by atoms with Crippen LogP contribution in [0.1, 0.15) is 28.9 Å². The lowest BCUT2D eigenvalue weighted by molar-refractivity contribution is -0.117. The number of ether oxygens (including phenoxy) is 2. The zero-order chi connectivity index (χ0) is 21.4. The van der Waals surface area contributed by atoms with Crippen LogP contribution >= 0.6 is 0 Å². The summed E-state index contributed by atoms with van der Waals surface area (Å²) in [5, 5.41) is 3.85. The highest BCUT2D eigenvalue weighted by Gasteiger charge is 2.31. The van der Waals surface area contributed by atoms with E-state index in [1.165, 1.54) is 0 Å². The van der Waals surface area contributed by atoms with Crippen LogP contribution in [0.15, 0.2) is 36.4 Å². The van der Waals surface area contributed by atoms with Gasteiger partial charge in [-0.1, -0.05) is 11.6 Å². The number of amides is 2. The number of benzene rings is 2. The number of anilines is 2. The predicted octanol–water partition coefficient (Wildman–Crippen LogP) is 3.88. The van der Waals surface area contributed by atoms with Crippen molar-refractivity contribution in [3.8, 4) is 11.5 Å². The molecule has 2 heterocycles. The van der Waals surface area contributed by atoms with E-state index in [-0.39, 0.29) is 11.8 Å². The molecule has 0 unspecified atom stereocenters. The molecule has 0 aliphatic carbocycles. The first-order chi connectivity index (χ1) is 14.4. The van der Waals surface area contributed by atoms with Crippen LogP contribution in [-0.2, 0) is 11.8 Å². The van der Waals surface area contributed by atoms with Crippen molar-refractivity contribution in [1.29, 1.82) is 0 Å². The van der Waals surface area contributed by atoms with E-state index in [4.69, 9.17) is 9.47 Å². The Kier molecular flexibility index (Phi) is 5.11. The molecule has 1 aliphatic rings. The van der Waals surface area contributed by atoms with Crippen molar-refractivity contribution in [3.05, 3.63) is 47.7 Å². The summed E-state index contributed by atoms with van der Waals surface area (Å²) in [5.74, 6) is 0.900. The molecule has 2 amide bonds. The fourth-order valence-corrected chi connectivity index (χ4v) is 4.03. The van der Waals surface area contributed by atoms with Crippen LogP contribution in [0.25, 0.3) is 10.9 Å². The maximum Gasteiger partial charge on any atom is 0.274 e. The maximum absolute atomic E-state index is 13.4. The average molecular weight is 407 g/mol. The first-order valence-corrected chi connectivity index (χ1v) is 9.86. The van der Waals surface area contributed by atoms with Crippen molar-refractivity contribution in [3.63, 3.8) is 0 Å². The van der Waals surface area contributed by atoms with E-state index in [1.54, 1.807) is 37.3 Å². The number of carbonyl (C=O) groups excluding carboxylic acids is 2. The van der Waals surface area contributed by atoms with Crippen molar-refractivity contribution >= 4 is 34.1 Å². The highest BCUT2D eigenvalue weighted by Crippen LogP contribution is 2.37. The molecule has 0 saturated carbocycles. The minimum absolute atomic E-state index is 0.0427. The largest absolute Gasteiger partial charge is 0.497 e. The number of aromatic nitrogens is 1. The lowest BCUT2D eigenvalue weighted by Crippen LogP contribution is -2.27. The van der Waals surface area contributed by atoms with Crippen LogP contribution in [0.5, 0.6) is 11.5 Å². The zero-order valence-corrected chi connectivity index (χ0v) is 17.6. The lowest BCUT2D eigenvalue weighted by Gasteiger charge is -2.18. The molecule has 7 nitrogen and oxygen atoms in total. The third-order valence-corrected chi connectivity index (χ3v) is 5.50. The number of hydrogen-bond acceptors (Lipinski definition) is 4. The molecule has 0 radical (unpaired) electrons. The van der Waals surface area contributed by atoms with Gasteiger partial charge in [-0.05, 0) is 25.5 Å². The molecule has 0 bridgehead atoms. The Morgan fingerprint density at radius 1 is 1.07 bits per heavy atom. The summed E-state index contributed by atoms with van der Waals surface area (Å²) in [6.07, 6.45) is 1.28. The number of aryl methyl sites for hydroxylation is 2. The number of methoxy groups -OCH3 is 2. The van der Waals surface area contributed by atoms with Crippen LogP contribution < -0.4 is 19.7 Å². The van der Waals surface area contributed by atoms with Gasteiger partial charge in [0.25, 0.3) is 5.91 Å². The van der Waals surface area contributed by atoms with Crippen molar-refractivity contribution < 1.29 is 19.1 Å². The molecule has 156 valence electrons. The molecule has 1 fully saturated rings. The van der Waals surface area contributed by atoms with Crippen LogP contribution in [-0.4, -0.2) is 37.1 Å². The summed E-state index contributed by atoms with van der Waals surface area (Å²) >= 11 is 0. The molecule has 2 aromatic carbocycles. The topological polar surface area (TPSA) is 72.8 Å². The standard InChI is InChI=1S/C23H25N3O4/c1-14-7-8-19-18(10-14)21(26-9-5-6-20(26)27)22(25(19)2)23(28)24-15-11-16(29-3)13-17(12-15)30-4/h7-8,10-13H,5-6,9H2,1-4H3,(H,24,28). The van der Waals surface area contributed by atoms with Crippen molar-refractivity contribution in [2.45, 2.75) is 19.8 Å². The van der Waals surface area contributed by atoms with Gasteiger partial charge in [0.15, 0.2) is 0 Å². The Balaban J connectivity index is 1.83. The fourth-order valence-electron chi connectivity index (χ4n) is 4.03. The summed E-state index contributed by atoms with van der Waals surface area (Å²) < 4.78 is 12.4. The van der Waals surface area contributed by atoms with Gasteiger partial charge >= 0.3 is 0 Å². The third kappa shape index (κ3) is 3.36. The van der Waals surface area contributed by atoms with Crippen LogP contribution in [0.2, 0.25) is 0 Å². The maximum atomic E-state index is 13.4. The second-order valence-electron chi connectivity index (χ2n) is 7.48. The van der Waals surface area contributed by atoms with Crippen LogP contribution in [0.3, 0.4) is 0 Å². The summed E-state index contributed by atoms with van der Waals surface area (Å²) in [4.78, 5) is 27.7. The van der Waals surface area contributed by atoms with E-state index in [2.05, 4.69) is 5.32 Å². The average Bonchev–Trinajstić information content (AvgIpc) is 3.27. The van der Waals surface area contributed by atoms with E-state index in [0.29, 0.717) is 41.5 Å². The molecular formula is C23H25N3O4. The fraction of sp³-hybridized carbons (Fsp3) is 0.304. The molecule has 1 saturated heterocycles. The molecule has 3 aromatic rings. The van der Waals surface area contributed by atoms with E-state index < -0.39 is 0 Å². The SMILES string of the molecule is COc1cc(NC(=O)c2c(N3CCCC3=O)c3cc(C)ccc3n2C)cc(OC)c1. The zero-order valence-electron chi connectivity index (χ0n) is 17.6. The van der Waals surface area contributed by atoms with Gasteiger partial charge in [0.2, 0.25) is 5.91 Å². The number of rotatable bonds is 5. The molecular weight excluding hydrogens is 382 g/mol. The van der Waals surface area contributed by atoms with Gasteiger partial charge in [-0.2, -0.15) is 0 Å². The summed E-state index contributed by atoms with van der Waals surface area (Å²) in [5.41, 5.74) is 3.66. The Morgan fingerprint density at radius 3 is 2.37 bits per heavy atom. The number of fused-ring (bicyclic) bond motifs is 1. The number of nitrogens with one attached hydrogen (secondary N) is 1.